The van der Waals surface area contributed by atoms with Gasteiger partial charge >= 0.3 is 0 Å². The number of rotatable bonds is 1. The first-order chi connectivity index (χ1) is 5.52. The zero-order chi connectivity index (χ0) is 9.30. The van der Waals surface area contributed by atoms with Crippen LogP contribution < -0.4 is 4.90 Å². The van der Waals surface area contributed by atoms with Crippen LogP contribution in [0.25, 0.3) is 0 Å². The first kappa shape index (κ1) is 9.92. The van der Waals surface area contributed by atoms with Crippen LogP contribution in [0, 0.1) is 0 Å². The summed E-state index contributed by atoms with van der Waals surface area (Å²) >= 11 is 0. The Balaban J connectivity index is 2.60. The van der Waals surface area contributed by atoms with E-state index in [9.17, 15) is 10.2 Å². The highest BCUT2D eigenvalue weighted by molar-refractivity contribution is 4.79. The van der Waals surface area contributed by atoms with Crippen molar-refractivity contribution < 1.29 is 19.8 Å². The molecule has 0 bridgehead atoms. The maximum Gasteiger partial charge on any atom is 0.160 e. The molecule has 4 atom stereocenters. The molecule has 0 amide bonds. The van der Waals surface area contributed by atoms with E-state index in [1.165, 1.54) is 0 Å². The minimum atomic E-state index is -0.719. The molecule has 4 nitrogen and oxygen atoms in total. The highest BCUT2D eigenvalue weighted by Crippen LogP contribution is 2.16. The van der Waals surface area contributed by atoms with Crippen molar-refractivity contribution in [2.75, 3.05) is 14.1 Å². The average Bonchev–Trinajstić information content (AvgIpc) is 1.96. The van der Waals surface area contributed by atoms with E-state index < -0.39 is 12.4 Å². The van der Waals surface area contributed by atoms with Gasteiger partial charge in [0, 0.05) is 0 Å². The van der Waals surface area contributed by atoms with Crippen molar-refractivity contribution in [1.82, 2.24) is 0 Å². The Kier molecular flexibility index (Phi) is 3.06. The molecule has 1 aliphatic rings. The van der Waals surface area contributed by atoms with Crippen LogP contribution in [0.4, 0.5) is 0 Å². The molecule has 4 heteroatoms. The molecule has 0 aromatic rings. The van der Waals surface area contributed by atoms with E-state index in [1.54, 1.807) is 6.92 Å². The Bertz CT molecular complexity index is 151. The largest absolute Gasteiger partial charge is 0.384 e. The number of aliphatic hydroxyl groups is 2. The molecule has 0 radical (unpaired) electrons. The van der Waals surface area contributed by atoms with Crippen molar-refractivity contribution in [1.29, 1.82) is 0 Å². The topological polar surface area (TPSA) is 54.1 Å². The first-order valence-corrected chi connectivity index (χ1v) is 4.34. The Hall–Kier alpha value is -0.160. The Morgan fingerprint density at radius 1 is 1.33 bits per heavy atom. The summed E-state index contributed by atoms with van der Waals surface area (Å²) < 4.78 is 5.07. The van der Waals surface area contributed by atoms with Gasteiger partial charge in [0.15, 0.2) is 6.29 Å². The monoisotopic (exact) mass is 176 g/mol. The Morgan fingerprint density at radius 3 is 2.42 bits per heavy atom. The molecule has 0 saturated carbocycles. The molecule has 3 N–H and O–H groups in total. The number of nitrogens with one attached hydrogen (secondary N) is 1. The van der Waals surface area contributed by atoms with Gasteiger partial charge in [-0.2, -0.15) is 0 Å². The highest BCUT2D eigenvalue weighted by atomic mass is 16.6. The summed E-state index contributed by atoms with van der Waals surface area (Å²) in [4.78, 5) is 1.15. The molecular formula is C8H18NO3+. The van der Waals surface area contributed by atoms with Gasteiger partial charge in [-0.05, 0) is 6.92 Å². The number of quaternary nitrogens is 1. The third-order valence-electron chi connectivity index (χ3n) is 2.46. The zero-order valence-corrected chi connectivity index (χ0v) is 7.82. The van der Waals surface area contributed by atoms with Crippen molar-refractivity contribution in [3.05, 3.63) is 0 Å². The van der Waals surface area contributed by atoms with Crippen molar-refractivity contribution >= 4 is 0 Å². The van der Waals surface area contributed by atoms with Crippen LogP contribution in [-0.2, 0) is 4.74 Å². The molecule has 0 aromatic heterocycles. The number of ether oxygens (including phenoxy) is 1. The van der Waals surface area contributed by atoms with Crippen LogP contribution in [0.5, 0.6) is 0 Å². The quantitative estimate of drug-likeness (QED) is 0.432. The summed E-state index contributed by atoms with van der Waals surface area (Å²) in [5.41, 5.74) is 0. The lowest BCUT2D eigenvalue weighted by atomic mass is 9.99. The molecule has 0 aliphatic carbocycles. The van der Waals surface area contributed by atoms with E-state index in [1.807, 2.05) is 14.1 Å². The van der Waals surface area contributed by atoms with Gasteiger partial charge in [0.2, 0.25) is 0 Å². The van der Waals surface area contributed by atoms with Crippen molar-refractivity contribution in [3.8, 4) is 0 Å². The van der Waals surface area contributed by atoms with Crippen molar-refractivity contribution in [2.45, 2.75) is 37.9 Å². The first-order valence-electron chi connectivity index (χ1n) is 4.34. The predicted octanol–water partition coefficient (Wildman–Crippen LogP) is -2.01. The summed E-state index contributed by atoms with van der Waals surface area (Å²) in [6.45, 7) is 1.78. The summed E-state index contributed by atoms with van der Waals surface area (Å²) in [5, 5.41) is 18.9. The van der Waals surface area contributed by atoms with Gasteiger partial charge in [0.1, 0.15) is 12.1 Å². The third-order valence-corrected chi connectivity index (χ3v) is 2.46. The normalized spacial score (nSPS) is 43.5. The maximum atomic E-state index is 9.67. The third kappa shape index (κ3) is 1.95. The lowest BCUT2D eigenvalue weighted by Crippen LogP contribution is -3.12. The number of hydrogen-bond acceptors (Lipinski definition) is 3. The Morgan fingerprint density at radius 2 is 1.92 bits per heavy atom. The standard InChI is InChI=1S/C8H17NO3/c1-5-8(11)6(9(2)3)4-7(10)12-5/h5-8,10-11H,4H2,1-3H3/p+1/t5-,6+,7-,8-/m0/s1. The van der Waals surface area contributed by atoms with Gasteiger partial charge < -0.3 is 19.8 Å². The van der Waals surface area contributed by atoms with Gasteiger partial charge in [-0.3, -0.25) is 0 Å². The SMILES string of the molecule is C[C@@H]1O[C@H](O)C[C@@H]([NH+](C)C)[C@H]1O. The number of hydrogen-bond donors (Lipinski definition) is 3. The summed E-state index contributed by atoms with van der Waals surface area (Å²) in [5.74, 6) is 0. The van der Waals surface area contributed by atoms with Crippen LogP contribution in [0.15, 0.2) is 0 Å². The van der Waals surface area contributed by atoms with E-state index in [-0.39, 0.29) is 12.1 Å². The summed E-state index contributed by atoms with van der Waals surface area (Å²) in [7, 11) is 3.94. The molecule has 72 valence electrons. The van der Waals surface area contributed by atoms with Crippen molar-refractivity contribution in [2.24, 2.45) is 0 Å². The van der Waals surface area contributed by atoms with E-state index in [0.717, 1.165) is 4.90 Å². The smallest absolute Gasteiger partial charge is 0.160 e. The second-order valence-electron chi connectivity index (χ2n) is 3.71. The number of aliphatic hydroxyl groups excluding tert-OH is 2. The van der Waals surface area contributed by atoms with Crippen LogP contribution in [-0.4, -0.2) is 48.8 Å². The van der Waals surface area contributed by atoms with Crippen LogP contribution in [0.2, 0.25) is 0 Å². The second-order valence-corrected chi connectivity index (χ2v) is 3.71. The molecule has 0 spiro atoms. The molecule has 0 aromatic carbocycles. The van der Waals surface area contributed by atoms with Crippen molar-refractivity contribution in [3.63, 3.8) is 0 Å². The fraction of sp³-hybridized carbons (Fsp3) is 1.00. The van der Waals surface area contributed by atoms with Gasteiger partial charge in [0.25, 0.3) is 0 Å². The van der Waals surface area contributed by atoms with Crippen LogP contribution >= 0.6 is 0 Å². The molecule has 1 heterocycles. The minimum absolute atomic E-state index is 0.0729. The molecule has 12 heavy (non-hydrogen) atoms. The fourth-order valence-corrected chi connectivity index (χ4v) is 1.64. The minimum Gasteiger partial charge on any atom is -0.384 e. The molecule has 0 unspecified atom stereocenters. The maximum absolute atomic E-state index is 9.67. The predicted molar refractivity (Wildman–Crippen MR) is 43.8 cm³/mol. The number of likely N-dealkylation sites (N-methyl/N-ethyl adjacent to an activating group) is 1. The van der Waals surface area contributed by atoms with Gasteiger partial charge in [-0.15, -0.1) is 0 Å². The molecule has 1 saturated heterocycles. The van der Waals surface area contributed by atoms with Gasteiger partial charge in [-0.25, -0.2) is 0 Å². The van der Waals surface area contributed by atoms with E-state index >= 15 is 0 Å². The highest BCUT2D eigenvalue weighted by Gasteiger charge is 2.38. The molecule has 1 rings (SSSR count). The summed E-state index contributed by atoms with van der Waals surface area (Å²) in [6.07, 6.45) is -0.955. The van der Waals surface area contributed by atoms with Gasteiger partial charge in [-0.1, -0.05) is 0 Å². The van der Waals surface area contributed by atoms with Crippen LogP contribution in [0.1, 0.15) is 13.3 Å². The molecule has 1 fully saturated rings. The lowest BCUT2D eigenvalue weighted by molar-refractivity contribution is -0.893. The van der Waals surface area contributed by atoms with Crippen LogP contribution in [0.3, 0.4) is 0 Å². The molecular weight excluding hydrogens is 158 g/mol. The summed E-state index contributed by atoms with van der Waals surface area (Å²) in [6, 6.07) is 0.0729. The fourth-order valence-electron chi connectivity index (χ4n) is 1.64. The molecule has 1 aliphatic heterocycles. The van der Waals surface area contributed by atoms with Gasteiger partial charge in [0.05, 0.1) is 26.6 Å². The lowest BCUT2D eigenvalue weighted by Gasteiger charge is -2.36. The van der Waals surface area contributed by atoms with E-state index in [4.69, 9.17) is 4.74 Å². The second kappa shape index (κ2) is 3.70. The zero-order valence-electron chi connectivity index (χ0n) is 7.82. The average molecular weight is 176 g/mol. The van der Waals surface area contributed by atoms with E-state index in [0.29, 0.717) is 6.42 Å². The van der Waals surface area contributed by atoms with E-state index in [2.05, 4.69) is 0 Å². The Labute approximate surface area is 72.7 Å².